The maximum Gasteiger partial charge on any atom is 1.00 e. The number of halogens is 3. The van der Waals surface area contributed by atoms with E-state index in [1.54, 1.807) is 13.0 Å². The Morgan fingerprint density at radius 1 is 1.11 bits per heavy atom. The normalized spacial score (nSPS) is 11.0. The van der Waals surface area contributed by atoms with Crippen molar-refractivity contribution in [3.63, 3.8) is 0 Å². The Morgan fingerprint density at radius 3 is 2.37 bits per heavy atom. The van der Waals surface area contributed by atoms with Crippen molar-refractivity contribution in [3.8, 4) is 5.75 Å². The van der Waals surface area contributed by atoms with Gasteiger partial charge in [-0.1, -0.05) is 30.1 Å². The van der Waals surface area contributed by atoms with Gasteiger partial charge in [-0.2, -0.15) is 0 Å². The molecule has 0 aliphatic heterocycles. The van der Waals surface area contributed by atoms with Crippen LogP contribution in [0.5, 0.6) is 5.75 Å². The van der Waals surface area contributed by atoms with Gasteiger partial charge in [0.15, 0.2) is 0 Å². The third-order valence-corrected chi connectivity index (χ3v) is 2.35. The summed E-state index contributed by atoms with van der Waals surface area (Å²) in [6.45, 7) is -0.448. The van der Waals surface area contributed by atoms with Crippen molar-refractivity contribution in [1.29, 1.82) is 0 Å². The van der Waals surface area contributed by atoms with Crippen LogP contribution < -0.4 is 61.6 Å². The number of aryl methyl sites for hydroxylation is 1. The van der Waals surface area contributed by atoms with E-state index in [4.69, 9.17) is 9.47 Å². The second-order valence-corrected chi connectivity index (χ2v) is 4.08. The van der Waals surface area contributed by atoms with Crippen molar-refractivity contribution in [3.05, 3.63) is 23.8 Å². The molecule has 0 atom stereocenters. The van der Waals surface area contributed by atoms with E-state index in [-0.39, 0.29) is 63.7 Å². The van der Waals surface area contributed by atoms with Crippen LogP contribution in [-0.4, -0.2) is 26.8 Å². The van der Waals surface area contributed by atoms with Crippen LogP contribution in [0.1, 0.15) is 18.9 Å². The van der Waals surface area contributed by atoms with E-state index in [1.165, 1.54) is 6.07 Å². The number of rotatable bonds is 7. The average Bonchev–Trinajstić information content (AvgIpc) is 2.29. The van der Waals surface area contributed by atoms with Crippen LogP contribution >= 0.6 is 0 Å². The molecular weight excluding hydrogens is 283 g/mol. The van der Waals surface area contributed by atoms with Gasteiger partial charge in [0, 0.05) is 6.61 Å². The minimum Gasteiger partial charge on any atom is -0.494 e. The molecule has 0 aliphatic carbocycles. The fourth-order valence-electron chi connectivity index (χ4n) is 1.51. The van der Waals surface area contributed by atoms with Gasteiger partial charge in [0.05, 0.1) is 12.4 Å². The molecule has 0 amide bonds. The quantitative estimate of drug-likeness (QED) is 0.515. The summed E-state index contributed by atoms with van der Waals surface area (Å²) in [5, 5.41) is 0. The van der Waals surface area contributed by atoms with E-state index >= 15 is 0 Å². The molecule has 0 radical (unpaired) electrons. The molecule has 7 heteroatoms. The maximum atomic E-state index is 12.8. The van der Waals surface area contributed by atoms with Crippen molar-refractivity contribution in [1.82, 2.24) is 0 Å². The molecule has 1 rings (SSSR count). The first-order chi connectivity index (χ1) is 8.45. The van der Waals surface area contributed by atoms with E-state index in [2.05, 4.69) is 0 Å². The standard InChI is InChI=1S/C12H17BF3O2.K/c1-3-6-17-7-8-18-12-5-4-10(2)9-11(12)13(14,15)16;/h4-5,9H,3,6-8H2,1-2H3;/q-1;+1. The molecule has 0 fully saturated rings. The first-order valence-corrected chi connectivity index (χ1v) is 5.96. The minimum atomic E-state index is -5.05. The first-order valence-electron chi connectivity index (χ1n) is 5.96. The third-order valence-electron chi connectivity index (χ3n) is 2.35. The van der Waals surface area contributed by atoms with Crippen molar-refractivity contribution >= 4 is 12.4 Å². The molecule has 0 spiro atoms. The Kier molecular flexibility index (Phi) is 9.65. The van der Waals surface area contributed by atoms with Gasteiger partial charge in [0.1, 0.15) is 6.61 Å². The molecule has 102 valence electrons. The van der Waals surface area contributed by atoms with E-state index < -0.39 is 12.4 Å². The Morgan fingerprint density at radius 2 is 1.79 bits per heavy atom. The van der Waals surface area contributed by atoms with Crippen molar-refractivity contribution in [2.24, 2.45) is 0 Å². The van der Waals surface area contributed by atoms with Crippen molar-refractivity contribution in [2.75, 3.05) is 19.8 Å². The van der Waals surface area contributed by atoms with Gasteiger partial charge in [-0.15, -0.1) is 0 Å². The Labute approximate surface area is 154 Å². The van der Waals surface area contributed by atoms with E-state index in [0.29, 0.717) is 18.8 Å². The Balaban J connectivity index is 0.00000324. The largest absolute Gasteiger partial charge is 1.00 e. The van der Waals surface area contributed by atoms with Crippen molar-refractivity contribution in [2.45, 2.75) is 20.3 Å². The minimum absolute atomic E-state index is 0. The summed E-state index contributed by atoms with van der Waals surface area (Å²) < 4.78 is 48.7. The fraction of sp³-hybridized carbons (Fsp3) is 0.500. The van der Waals surface area contributed by atoms with E-state index in [1.807, 2.05) is 6.92 Å². The van der Waals surface area contributed by atoms with Crippen LogP contribution in [0.4, 0.5) is 12.9 Å². The van der Waals surface area contributed by atoms with Crippen LogP contribution in [0.25, 0.3) is 0 Å². The topological polar surface area (TPSA) is 18.5 Å². The molecule has 0 bridgehead atoms. The predicted molar refractivity (Wildman–Crippen MR) is 66.5 cm³/mol. The third kappa shape index (κ3) is 7.15. The molecule has 0 unspecified atom stereocenters. The van der Waals surface area contributed by atoms with Crippen LogP contribution in [0.2, 0.25) is 0 Å². The second kappa shape index (κ2) is 9.42. The molecule has 1 aromatic carbocycles. The smallest absolute Gasteiger partial charge is 0.494 e. The molecule has 2 nitrogen and oxygen atoms in total. The molecule has 0 N–H and O–H groups in total. The van der Waals surface area contributed by atoms with E-state index in [0.717, 1.165) is 12.5 Å². The monoisotopic (exact) mass is 300 g/mol. The van der Waals surface area contributed by atoms with Gasteiger partial charge >= 0.3 is 58.4 Å². The molecular formula is C12H17BF3KO2. The Hall–Kier alpha value is 0.471. The average molecular weight is 300 g/mol. The zero-order valence-electron chi connectivity index (χ0n) is 11.6. The number of benzene rings is 1. The van der Waals surface area contributed by atoms with Crippen LogP contribution in [-0.2, 0) is 4.74 Å². The van der Waals surface area contributed by atoms with Crippen LogP contribution in [0.15, 0.2) is 18.2 Å². The summed E-state index contributed by atoms with van der Waals surface area (Å²) in [4.78, 5) is 0. The molecule has 1 aromatic rings. The molecule has 19 heavy (non-hydrogen) atoms. The summed E-state index contributed by atoms with van der Waals surface area (Å²) in [5.41, 5.74) is -0.107. The SMILES string of the molecule is CCCOCCOc1ccc(C)cc1[B-](F)(F)F.[K+]. The van der Waals surface area contributed by atoms with Gasteiger partial charge in [0.2, 0.25) is 0 Å². The van der Waals surface area contributed by atoms with Crippen LogP contribution in [0, 0.1) is 6.92 Å². The number of ether oxygens (including phenoxy) is 2. The van der Waals surface area contributed by atoms with Gasteiger partial charge in [-0.05, 0) is 19.4 Å². The van der Waals surface area contributed by atoms with Crippen molar-refractivity contribution < 1.29 is 73.8 Å². The fourth-order valence-corrected chi connectivity index (χ4v) is 1.51. The Bertz CT molecular complexity index is 386. The molecule has 0 saturated heterocycles. The maximum absolute atomic E-state index is 12.8. The molecule has 0 heterocycles. The molecule has 0 aromatic heterocycles. The van der Waals surface area contributed by atoms with Gasteiger partial charge < -0.3 is 22.4 Å². The number of hydrogen-bond acceptors (Lipinski definition) is 2. The summed E-state index contributed by atoms with van der Waals surface area (Å²) in [6, 6.07) is 4.08. The van der Waals surface area contributed by atoms with Crippen LogP contribution in [0.3, 0.4) is 0 Å². The summed E-state index contributed by atoms with van der Waals surface area (Å²) in [7, 11) is 0. The summed E-state index contributed by atoms with van der Waals surface area (Å²) in [5.74, 6) is -0.117. The first kappa shape index (κ1) is 19.5. The molecule has 0 saturated carbocycles. The second-order valence-electron chi connectivity index (χ2n) is 4.08. The zero-order valence-corrected chi connectivity index (χ0v) is 14.7. The van der Waals surface area contributed by atoms with Gasteiger partial charge in [-0.25, -0.2) is 0 Å². The number of hydrogen-bond donors (Lipinski definition) is 0. The van der Waals surface area contributed by atoms with Gasteiger partial charge in [0.25, 0.3) is 0 Å². The summed E-state index contributed by atoms with van der Waals surface area (Å²) in [6.07, 6.45) is 0.876. The summed E-state index contributed by atoms with van der Waals surface area (Å²) >= 11 is 0. The van der Waals surface area contributed by atoms with E-state index in [9.17, 15) is 12.9 Å². The van der Waals surface area contributed by atoms with Gasteiger partial charge in [-0.3, -0.25) is 0 Å². The zero-order chi connectivity index (χ0) is 13.6. The molecule has 0 aliphatic rings. The predicted octanol–water partition coefficient (Wildman–Crippen LogP) is -0.141.